The Morgan fingerprint density at radius 3 is 2.35 bits per heavy atom. The number of aromatic nitrogens is 1. The van der Waals surface area contributed by atoms with Crippen LogP contribution in [0.5, 0.6) is 0 Å². The van der Waals surface area contributed by atoms with Crippen LogP contribution in [0.4, 0.5) is 14.5 Å². The lowest BCUT2D eigenvalue weighted by atomic mass is 10.1. The Kier molecular flexibility index (Phi) is 4.26. The number of nitrogens with zero attached hydrogens (tertiary/aromatic N) is 3. The highest BCUT2D eigenvalue weighted by molar-refractivity contribution is 5.52. The molecule has 0 amide bonds. The molecule has 0 aliphatic carbocycles. The van der Waals surface area contributed by atoms with Gasteiger partial charge in [0.1, 0.15) is 5.69 Å². The van der Waals surface area contributed by atoms with Crippen molar-refractivity contribution in [3.05, 3.63) is 59.4 Å². The lowest BCUT2D eigenvalue weighted by molar-refractivity contribution is 0.576. The first kappa shape index (κ1) is 13.9. The summed E-state index contributed by atoms with van der Waals surface area (Å²) >= 11 is 0. The van der Waals surface area contributed by atoms with Gasteiger partial charge in [-0.2, -0.15) is 5.26 Å². The molecule has 0 spiro atoms. The number of hydrogen-bond donors (Lipinski definition) is 0. The molecule has 102 valence electrons. The van der Waals surface area contributed by atoms with E-state index in [0.717, 1.165) is 17.7 Å². The highest BCUT2D eigenvalue weighted by Gasteiger charge is 2.15. The fourth-order valence-electron chi connectivity index (χ4n) is 1.95. The van der Waals surface area contributed by atoms with Crippen LogP contribution in [0.1, 0.15) is 11.1 Å². The van der Waals surface area contributed by atoms with E-state index < -0.39 is 11.6 Å². The third kappa shape index (κ3) is 3.09. The molecular formula is C15H13F2N3. The maximum Gasteiger partial charge on any atom is 0.150 e. The van der Waals surface area contributed by atoms with Gasteiger partial charge in [-0.3, -0.25) is 4.98 Å². The number of halogens is 2. The lowest BCUT2D eigenvalue weighted by Gasteiger charge is -2.20. The number of pyridine rings is 1. The van der Waals surface area contributed by atoms with Crippen molar-refractivity contribution in [3.8, 4) is 6.07 Å². The number of rotatable bonds is 4. The molecule has 0 saturated heterocycles. The first-order valence-electron chi connectivity index (χ1n) is 6.11. The Hall–Kier alpha value is -2.48. The van der Waals surface area contributed by atoms with E-state index in [4.69, 9.17) is 5.26 Å². The Balaban J connectivity index is 2.14. The summed E-state index contributed by atoms with van der Waals surface area (Å²) in [7, 11) is 1.62. The van der Waals surface area contributed by atoms with Crippen LogP contribution < -0.4 is 4.90 Å². The van der Waals surface area contributed by atoms with E-state index in [2.05, 4.69) is 4.98 Å². The minimum Gasteiger partial charge on any atom is -0.370 e. The zero-order chi connectivity index (χ0) is 14.5. The third-order valence-electron chi connectivity index (χ3n) is 3.01. The van der Waals surface area contributed by atoms with Gasteiger partial charge in [0.2, 0.25) is 0 Å². The zero-order valence-corrected chi connectivity index (χ0v) is 11.0. The van der Waals surface area contributed by atoms with Crippen molar-refractivity contribution in [1.82, 2.24) is 4.98 Å². The summed E-state index contributed by atoms with van der Waals surface area (Å²) in [5, 5.41) is 8.67. The highest BCUT2D eigenvalue weighted by atomic mass is 19.1. The van der Waals surface area contributed by atoms with E-state index in [-0.39, 0.29) is 11.3 Å². The Labute approximate surface area is 116 Å². The van der Waals surface area contributed by atoms with Gasteiger partial charge in [0.05, 0.1) is 11.6 Å². The number of nitriles is 1. The van der Waals surface area contributed by atoms with Crippen molar-refractivity contribution < 1.29 is 8.78 Å². The predicted octanol–water partition coefficient (Wildman–Crippen LogP) is 2.91. The van der Waals surface area contributed by atoms with Crippen LogP contribution in [0.3, 0.4) is 0 Å². The SMILES string of the molecule is CN(CCc1ccncc1)c1c(F)cc(C#N)cc1F. The van der Waals surface area contributed by atoms with Gasteiger partial charge in [0, 0.05) is 26.0 Å². The Morgan fingerprint density at radius 1 is 1.20 bits per heavy atom. The maximum atomic E-state index is 13.8. The predicted molar refractivity (Wildman–Crippen MR) is 72.3 cm³/mol. The van der Waals surface area contributed by atoms with Crippen molar-refractivity contribution in [2.24, 2.45) is 0 Å². The van der Waals surface area contributed by atoms with Gasteiger partial charge in [0.15, 0.2) is 11.6 Å². The average Bonchev–Trinajstić information content (AvgIpc) is 2.45. The first-order valence-corrected chi connectivity index (χ1v) is 6.11. The second-order valence-corrected chi connectivity index (χ2v) is 4.43. The lowest BCUT2D eigenvalue weighted by Crippen LogP contribution is -2.22. The van der Waals surface area contributed by atoms with Crippen molar-refractivity contribution in [1.29, 1.82) is 5.26 Å². The van der Waals surface area contributed by atoms with E-state index in [9.17, 15) is 8.78 Å². The quantitative estimate of drug-likeness (QED) is 0.860. The molecule has 0 atom stereocenters. The summed E-state index contributed by atoms with van der Waals surface area (Å²) < 4.78 is 27.7. The molecule has 0 radical (unpaired) electrons. The largest absolute Gasteiger partial charge is 0.370 e. The summed E-state index contributed by atoms with van der Waals surface area (Å²) in [5.41, 5.74) is 0.908. The minimum atomic E-state index is -0.723. The topological polar surface area (TPSA) is 39.9 Å². The molecule has 2 aromatic rings. The van der Waals surface area contributed by atoms with Crippen LogP contribution in [-0.4, -0.2) is 18.6 Å². The fraction of sp³-hybridized carbons (Fsp3) is 0.200. The summed E-state index contributed by atoms with van der Waals surface area (Å²) in [6.07, 6.45) is 4.01. The van der Waals surface area contributed by atoms with Crippen LogP contribution in [0.2, 0.25) is 0 Å². The molecule has 0 saturated carbocycles. The smallest absolute Gasteiger partial charge is 0.150 e. The van der Waals surface area contributed by atoms with Gasteiger partial charge in [-0.15, -0.1) is 0 Å². The molecule has 0 N–H and O–H groups in total. The maximum absolute atomic E-state index is 13.8. The van der Waals surface area contributed by atoms with Gasteiger partial charge >= 0.3 is 0 Å². The number of anilines is 1. The Bertz CT molecular complexity index is 612. The highest BCUT2D eigenvalue weighted by Crippen LogP contribution is 2.24. The molecule has 1 aromatic carbocycles. The van der Waals surface area contributed by atoms with Crippen LogP contribution >= 0.6 is 0 Å². The molecular weight excluding hydrogens is 260 g/mol. The van der Waals surface area contributed by atoms with E-state index in [1.165, 1.54) is 4.90 Å². The second-order valence-electron chi connectivity index (χ2n) is 4.43. The van der Waals surface area contributed by atoms with Gasteiger partial charge < -0.3 is 4.90 Å². The summed E-state index contributed by atoms with van der Waals surface area (Å²) in [4.78, 5) is 5.42. The first-order chi connectivity index (χ1) is 9.61. The van der Waals surface area contributed by atoms with Crippen LogP contribution in [-0.2, 0) is 6.42 Å². The van der Waals surface area contributed by atoms with Gasteiger partial charge in [-0.25, -0.2) is 8.78 Å². The molecule has 5 heteroatoms. The molecule has 0 bridgehead atoms. The van der Waals surface area contributed by atoms with E-state index in [1.54, 1.807) is 25.5 Å². The molecule has 1 heterocycles. The van der Waals surface area contributed by atoms with Gasteiger partial charge in [0.25, 0.3) is 0 Å². The van der Waals surface area contributed by atoms with Gasteiger partial charge in [-0.05, 0) is 36.2 Å². The average molecular weight is 273 g/mol. The molecule has 20 heavy (non-hydrogen) atoms. The van der Waals surface area contributed by atoms with E-state index in [0.29, 0.717) is 13.0 Å². The van der Waals surface area contributed by atoms with Crippen LogP contribution in [0.15, 0.2) is 36.7 Å². The second kappa shape index (κ2) is 6.11. The summed E-state index contributed by atoms with van der Waals surface area (Å²) in [6.45, 7) is 0.462. The molecule has 1 aromatic heterocycles. The van der Waals surface area contributed by atoms with E-state index >= 15 is 0 Å². The Morgan fingerprint density at radius 2 is 1.80 bits per heavy atom. The fourth-order valence-corrected chi connectivity index (χ4v) is 1.95. The van der Waals surface area contributed by atoms with Crippen molar-refractivity contribution >= 4 is 5.69 Å². The molecule has 2 rings (SSSR count). The zero-order valence-electron chi connectivity index (χ0n) is 11.0. The molecule has 3 nitrogen and oxygen atoms in total. The molecule has 0 aliphatic heterocycles. The summed E-state index contributed by atoms with van der Waals surface area (Å²) in [5.74, 6) is -1.45. The number of hydrogen-bond acceptors (Lipinski definition) is 3. The molecule has 0 unspecified atom stereocenters. The monoisotopic (exact) mass is 273 g/mol. The standard InChI is InChI=1S/C15H13F2N3/c1-20(7-4-11-2-5-19-6-3-11)15-13(16)8-12(10-18)9-14(15)17/h2-3,5-6,8-9H,4,7H2,1H3. The normalized spacial score (nSPS) is 10.1. The molecule has 0 aliphatic rings. The number of benzene rings is 1. The van der Waals surface area contributed by atoms with Crippen LogP contribution in [0.25, 0.3) is 0 Å². The molecule has 0 fully saturated rings. The number of likely N-dealkylation sites (N-methyl/N-ethyl adjacent to an activating group) is 1. The summed E-state index contributed by atoms with van der Waals surface area (Å²) in [6, 6.07) is 7.53. The van der Waals surface area contributed by atoms with Gasteiger partial charge in [-0.1, -0.05) is 0 Å². The van der Waals surface area contributed by atoms with E-state index in [1.807, 2.05) is 12.1 Å². The van der Waals surface area contributed by atoms with Crippen molar-refractivity contribution in [2.45, 2.75) is 6.42 Å². The minimum absolute atomic E-state index is 0.0220. The van der Waals surface area contributed by atoms with Crippen LogP contribution in [0, 0.1) is 23.0 Å². The third-order valence-corrected chi connectivity index (χ3v) is 3.01. The van der Waals surface area contributed by atoms with Crippen molar-refractivity contribution in [3.63, 3.8) is 0 Å². The van der Waals surface area contributed by atoms with Crippen molar-refractivity contribution in [2.75, 3.05) is 18.5 Å².